The third-order valence-corrected chi connectivity index (χ3v) is 4.78. The summed E-state index contributed by atoms with van der Waals surface area (Å²) in [5, 5.41) is 1.02. The molecule has 0 saturated carbocycles. The molecule has 0 fully saturated rings. The third kappa shape index (κ3) is 2.25. The van der Waals surface area contributed by atoms with E-state index in [-0.39, 0.29) is 12.5 Å². The molecule has 1 atom stereocenters. The van der Waals surface area contributed by atoms with E-state index in [9.17, 15) is 9.59 Å². The second-order valence-electron chi connectivity index (χ2n) is 6.10. The molecule has 1 N–H and O–H groups in total. The zero-order valence-corrected chi connectivity index (χ0v) is 14.4. The molecule has 1 aromatic heterocycles. The Morgan fingerprint density at radius 3 is 2.75 bits per heavy atom. The van der Waals surface area contributed by atoms with Gasteiger partial charge in [-0.3, -0.25) is 4.79 Å². The molecule has 1 aliphatic rings. The normalized spacial score (nSPS) is 19.9. The number of hydrogen-bond donors (Lipinski definition) is 1. The number of rotatable bonds is 3. The Hall–Kier alpha value is -2.50. The largest absolute Gasteiger partial charge is 0.497 e. The molecule has 2 heterocycles. The third-order valence-electron chi connectivity index (χ3n) is 4.78. The van der Waals surface area contributed by atoms with Crippen LogP contribution in [0.25, 0.3) is 10.9 Å². The monoisotopic (exact) mass is 330 g/mol. The van der Waals surface area contributed by atoms with Gasteiger partial charge in [0, 0.05) is 24.4 Å². The Bertz CT molecular complexity index is 811. The van der Waals surface area contributed by atoms with Crippen molar-refractivity contribution >= 4 is 22.8 Å². The molecule has 0 bridgehead atoms. The second-order valence-corrected chi connectivity index (χ2v) is 6.10. The molecule has 0 spiro atoms. The van der Waals surface area contributed by atoms with Crippen LogP contribution in [0.15, 0.2) is 18.2 Å². The van der Waals surface area contributed by atoms with Gasteiger partial charge in [0.25, 0.3) is 0 Å². The lowest BCUT2D eigenvalue weighted by Gasteiger charge is -2.42. The lowest BCUT2D eigenvalue weighted by atomic mass is 9.86. The van der Waals surface area contributed by atoms with E-state index in [4.69, 9.17) is 9.47 Å². The van der Waals surface area contributed by atoms with Crippen LogP contribution in [0.4, 0.5) is 0 Å². The summed E-state index contributed by atoms with van der Waals surface area (Å²) in [6, 6.07) is 5.75. The molecule has 0 radical (unpaired) electrons. The summed E-state index contributed by atoms with van der Waals surface area (Å²) >= 11 is 0. The van der Waals surface area contributed by atoms with Gasteiger partial charge < -0.3 is 19.4 Å². The minimum Gasteiger partial charge on any atom is -0.497 e. The summed E-state index contributed by atoms with van der Waals surface area (Å²) in [7, 11) is 1.63. The highest BCUT2D eigenvalue weighted by atomic mass is 16.5. The van der Waals surface area contributed by atoms with Gasteiger partial charge in [0.1, 0.15) is 5.75 Å². The fourth-order valence-electron chi connectivity index (χ4n) is 3.57. The van der Waals surface area contributed by atoms with Gasteiger partial charge in [0.2, 0.25) is 5.91 Å². The molecule has 1 aromatic carbocycles. The van der Waals surface area contributed by atoms with E-state index >= 15 is 0 Å². The Labute approximate surface area is 140 Å². The molecule has 1 aliphatic heterocycles. The van der Waals surface area contributed by atoms with Crippen LogP contribution in [-0.4, -0.2) is 42.0 Å². The van der Waals surface area contributed by atoms with E-state index < -0.39 is 11.5 Å². The topological polar surface area (TPSA) is 71.6 Å². The van der Waals surface area contributed by atoms with Gasteiger partial charge in [-0.15, -0.1) is 0 Å². The van der Waals surface area contributed by atoms with Gasteiger partial charge in [0.05, 0.1) is 19.4 Å². The lowest BCUT2D eigenvalue weighted by Crippen LogP contribution is -2.56. The van der Waals surface area contributed by atoms with Crippen molar-refractivity contribution in [2.75, 3.05) is 20.3 Å². The van der Waals surface area contributed by atoms with Crippen molar-refractivity contribution in [1.29, 1.82) is 0 Å². The van der Waals surface area contributed by atoms with Gasteiger partial charge >= 0.3 is 5.97 Å². The first kappa shape index (κ1) is 16.4. The number of fused-ring (bicyclic) bond motifs is 3. The first-order valence-electron chi connectivity index (χ1n) is 8.08. The average Bonchev–Trinajstić information content (AvgIpc) is 2.94. The summed E-state index contributed by atoms with van der Waals surface area (Å²) in [5.41, 5.74) is 1.53. The zero-order chi connectivity index (χ0) is 17.5. The van der Waals surface area contributed by atoms with E-state index in [2.05, 4.69) is 4.98 Å². The second kappa shape index (κ2) is 5.85. The molecule has 6 heteroatoms. The predicted molar refractivity (Wildman–Crippen MR) is 89.9 cm³/mol. The van der Waals surface area contributed by atoms with Crippen LogP contribution < -0.4 is 4.74 Å². The standard InChI is InChI=1S/C18H22N2O4/c1-5-24-17(22)18(3)16-13(8-9-20(18)11(2)21)14-10-12(23-4)6-7-15(14)19-16/h6-7,10,19H,5,8-9H2,1-4H3/t18-/m1/s1. The number of benzene rings is 1. The summed E-state index contributed by atoms with van der Waals surface area (Å²) in [6.45, 7) is 5.73. The first-order chi connectivity index (χ1) is 11.4. The SMILES string of the molecule is CCOC(=O)[C@@]1(C)c2[nH]c3ccc(OC)cc3c2CCN1C(C)=O. The highest BCUT2D eigenvalue weighted by Gasteiger charge is 2.49. The summed E-state index contributed by atoms with van der Waals surface area (Å²) in [5.74, 6) is 0.197. The van der Waals surface area contributed by atoms with Crippen molar-refractivity contribution in [3.8, 4) is 5.75 Å². The number of methoxy groups -OCH3 is 1. The number of ether oxygens (including phenoxy) is 2. The van der Waals surface area contributed by atoms with E-state index in [1.54, 1.807) is 25.9 Å². The minimum absolute atomic E-state index is 0.146. The highest BCUT2D eigenvalue weighted by Crippen LogP contribution is 2.40. The molecule has 0 unspecified atom stereocenters. The Morgan fingerprint density at radius 1 is 1.38 bits per heavy atom. The van der Waals surface area contributed by atoms with Crippen molar-refractivity contribution in [2.24, 2.45) is 0 Å². The van der Waals surface area contributed by atoms with Crippen LogP contribution >= 0.6 is 0 Å². The number of aromatic amines is 1. The van der Waals surface area contributed by atoms with Crippen molar-refractivity contribution in [3.05, 3.63) is 29.5 Å². The highest BCUT2D eigenvalue weighted by molar-refractivity contribution is 5.94. The van der Waals surface area contributed by atoms with Gasteiger partial charge in [0.15, 0.2) is 5.54 Å². The fourth-order valence-corrected chi connectivity index (χ4v) is 3.57. The molecule has 3 rings (SSSR count). The van der Waals surface area contributed by atoms with Crippen molar-refractivity contribution in [3.63, 3.8) is 0 Å². The van der Waals surface area contributed by atoms with E-state index in [1.807, 2.05) is 18.2 Å². The lowest BCUT2D eigenvalue weighted by molar-refractivity contribution is -0.164. The Kier molecular flexibility index (Phi) is 3.99. The molecule has 1 amide bonds. The maximum atomic E-state index is 12.7. The van der Waals surface area contributed by atoms with Crippen LogP contribution in [0, 0.1) is 0 Å². The summed E-state index contributed by atoms with van der Waals surface area (Å²) in [6.07, 6.45) is 0.678. The molecule has 0 saturated heterocycles. The number of carbonyl (C=O) groups is 2. The van der Waals surface area contributed by atoms with Crippen LogP contribution in [0.5, 0.6) is 5.75 Å². The van der Waals surface area contributed by atoms with E-state index in [0.717, 1.165) is 27.9 Å². The predicted octanol–water partition coefficient (Wildman–Crippen LogP) is 2.36. The summed E-state index contributed by atoms with van der Waals surface area (Å²) in [4.78, 5) is 29.8. The first-order valence-corrected chi connectivity index (χ1v) is 8.08. The van der Waals surface area contributed by atoms with Gasteiger partial charge in [-0.25, -0.2) is 4.79 Å². The van der Waals surface area contributed by atoms with Gasteiger partial charge in [-0.1, -0.05) is 0 Å². The Balaban J connectivity index is 2.23. The molecule has 0 aliphatic carbocycles. The molecule has 24 heavy (non-hydrogen) atoms. The van der Waals surface area contributed by atoms with Gasteiger partial charge in [-0.05, 0) is 44.0 Å². The van der Waals surface area contributed by atoms with Crippen LogP contribution in [0.2, 0.25) is 0 Å². The molecule has 128 valence electrons. The van der Waals surface area contributed by atoms with Crippen LogP contribution in [0.3, 0.4) is 0 Å². The zero-order valence-electron chi connectivity index (χ0n) is 14.4. The molecule has 6 nitrogen and oxygen atoms in total. The van der Waals surface area contributed by atoms with Gasteiger partial charge in [-0.2, -0.15) is 0 Å². The minimum atomic E-state index is -1.15. The summed E-state index contributed by atoms with van der Waals surface area (Å²) < 4.78 is 10.6. The number of nitrogens with zero attached hydrogens (tertiary/aromatic N) is 1. The molecular formula is C18H22N2O4. The fraction of sp³-hybridized carbons (Fsp3) is 0.444. The van der Waals surface area contributed by atoms with Crippen molar-refractivity contribution < 1.29 is 19.1 Å². The maximum absolute atomic E-state index is 12.7. The number of esters is 1. The Morgan fingerprint density at radius 2 is 2.12 bits per heavy atom. The number of H-pyrrole nitrogens is 1. The number of carbonyl (C=O) groups excluding carboxylic acids is 2. The molecular weight excluding hydrogens is 308 g/mol. The molecule has 2 aromatic rings. The van der Waals surface area contributed by atoms with Crippen LogP contribution in [0.1, 0.15) is 32.0 Å². The van der Waals surface area contributed by atoms with Crippen LogP contribution in [-0.2, 0) is 26.3 Å². The number of nitrogens with one attached hydrogen (secondary N) is 1. The number of hydrogen-bond acceptors (Lipinski definition) is 4. The number of amides is 1. The van der Waals surface area contributed by atoms with Crippen molar-refractivity contribution in [1.82, 2.24) is 9.88 Å². The maximum Gasteiger partial charge on any atom is 0.338 e. The van der Waals surface area contributed by atoms with E-state index in [0.29, 0.717) is 13.0 Å². The van der Waals surface area contributed by atoms with Crippen molar-refractivity contribution in [2.45, 2.75) is 32.7 Å². The average molecular weight is 330 g/mol. The van der Waals surface area contributed by atoms with E-state index in [1.165, 1.54) is 6.92 Å². The smallest absolute Gasteiger partial charge is 0.338 e. The quantitative estimate of drug-likeness (QED) is 0.877. The number of aromatic nitrogens is 1.